The molecular weight excluding hydrogens is 629 g/mol. The summed E-state index contributed by atoms with van der Waals surface area (Å²) in [6, 6.07) is 2.17. The second-order valence-electron chi connectivity index (χ2n) is 12.8. The molecule has 1 saturated carbocycles. The molecule has 0 aromatic rings. The van der Waals surface area contributed by atoms with Crippen LogP contribution in [0.4, 0.5) is 17.6 Å². The lowest BCUT2D eigenvalue weighted by Gasteiger charge is -2.39. The summed E-state index contributed by atoms with van der Waals surface area (Å²) in [4.78, 5) is 12.6. The number of hydrogen-bond donors (Lipinski definition) is 0. The summed E-state index contributed by atoms with van der Waals surface area (Å²) in [5, 5.41) is 0. The molecule has 1 saturated heterocycles. The summed E-state index contributed by atoms with van der Waals surface area (Å²) in [5.74, 6) is -0.261. The van der Waals surface area contributed by atoms with Gasteiger partial charge < -0.3 is 31.3 Å². The highest BCUT2D eigenvalue weighted by molar-refractivity contribution is 6.86. The van der Waals surface area contributed by atoms with Crippen LogP contribution in [0.25, 0.3) is 0 Å². The van der Waals surface area contributed by atoms with E-state index in [1.807, 2.05) is 13.1 Å². The average molecular weight is 681 g/mol. The lowest BCUT2D eigenvalue weighted by atomic mass is 9.89. The van der Waals surface area contributed by atoms with Crippen LogP contribution in [0.2, 0.25) is 57.4 Å². The van der Waals surface area contributed by atoms with Gasteiger partial charge in [-0.3, -0.25) is 4.79 Å². The van der Waals surface area contributed by atoms with E-state index in [0.29, 0.717) is 38.2 Å². The molecule has 0 amide bonds. The highest BCUT2D eigenvalue weighted by Crippen LogP contribution is 2.40. The second-order valence-corrected chi connectivity index (χ2v) is 27.4. The number of halogens is 4. The fourth-order valence-electron chi connectivity index (χ4n) is 5.50. The van der Waals surface area contributed by atoms with Crippen molar-refractivity contribution < 1.29 is 53.6 Å². The molecule has 1 heterocycles. The van der Waals surface area contributed by atoms with Crippen LogP contribution in [0.5, 0.6) is 0 Å². The van der Waals surface area contributed by atoms with E-state index in [2.05, 4.69) is 26.2 Å². The number of carbonyl (C=O) groups excluding carboxylic acids is 1. The van der Waals surface area contributed by atoms with E-state index in [-0.39, 0.29) is 31.2 Å². The Morgan fingerprint density at radius 3 is 2.14 bits per heavy atom. The molecule has 0 spiro atoms. The van der Waals surface area contributed by atoms with Crippen molar-refractivity contribution in [3.05, 3.63) is 0 Å². The fourth-order valence-corrected chi connectivity index (χ4v) is 22.4. The Kier molecular flexibility index (Phi) is 15.8. The topological polar surface area (TPSA) is 85.0 Å². The number of alkyl halides is 4. The van der Waals surface area contributed by atoms with Gasteiger partial charge in [-0.15, -0.1) is 0 Å². The number of ether oxygens (including phenoxy) is 4. The molecule has 1 aliphatic carbocycles. The standard InChI is InChI=1S/C26H52F4O8Si4/c1-39(36-40(2,3)17-8-14-33-21-27)37-42(6,38-41(4,5)18-7-13-32-16-12-26(28,29)30)19-9-15-34-25(31)22-10-11-23-24(20-22)35-23/h22-24,39H,7-21H2,1-6H3. The third-order valence-electron chi connectivity index (χ3n) is 7.49. The maximum Gasteiger partial charge on any atom is 0.391 e. The van der Waals surface area contributed by atoms with Gasteiger partial charge in [0.05, 0.1) is 37.8 Å². The lowest BCUT2D eigenvalue weighted by molar-refractivity contribution is -0.149. The maximum absolute atomic E-state index is 12.6. The van der Waals surface area contributed by atoms with E-state index in [9.17, 15) is 22.4 Å². The number of rotatable bonds is 22. The van der Waals surface area contributed by atoms with Crippen LogP contribution in [-0.2, 0) is 36.1 Å². The van der Waals surface area contributed by atoms with Gasteiger partial charge >= 0.3 is 20.7 Å². The molecule has 0 bridgehead atoms. The van der Waals surface area contributed by atoms with Crippen molar-refractivity contribution in [1.29, 1.82) is 0 Å². The van der Waals surface area contributed by atoms with Gasteiger partial charge in [-0.1, -0.05) is 0 Å². The highest BCUT2D eigenvalue weighted by Gasteiger charge is 2.46. The Morgan fingerprint density at radius 1 is 0.857 bits per heavy atom. The molecule has 0 aromatic carbocycles. The van der Waals surface area contributed by atoms with E-state index in [0.717, 1.165) is 37.8 Å². The Morgan fingerprint density at radius 2 is 1.50 bits per heavy atom. The fraction of sp³-hybridized carbons (Fsp3) is 0.962. The summed E-state index contributed by atoms with van der Waals surface area (Å²) >= 11 is 0. The third kappa shape index (κ3) is 16.2. The van der Waals surface area contributed by atoms with Gasteiger partial charge in [0.1, 0.15) is 0 Å². The zero-order valence-electron chi connectivity index (χ0n) is 26.2. The van der Waals surface area contributed by atoms with E-state index < -0.39 is 53.9 Å². The van der Waals surface area contributed by atoms with E-state index in [4.69, 9.17) is 31.3 Å². The third-order valence-corrected chi connectivity index (χ3v) is 23.0. The number of esters is 1. The molecule has 0 N–H and O–H groups in total. The van der Waals surface area contributed by atoms with Gasteiger partial charge in [-0.2, -0.15) is 13.2 Å². The van der Waals surface area contributed by atoms with Crippen molar-refractivity contribution in [3.63, 3.8) is 0 Å². The maximum atomic E-state index is 12.6. The molecule has 0 radical (unpaired) electrons. The molecule has 16 heteroatoms. The summed E-state index contributed by atoms with van der Waals surface area (Å²) in [6.07, 6.45) is -0.229. The van der Waals surface area contributed by atoms with E-state index in [1.54, 1.807) is 0 Å². The molecule has 8 nitrogen and oxygen atoms in total. The molecule has 2 rings (SSSR count). The monoisotopic (exact) mass is 680 g/mol. The minimum absolute atomic E-state index is 0.0992. The number of hydrogen-bond acceptors (Lipinski definition) is 8. The largest absolute Gasteiger partial charge is 0.465 e. The molecule has 248 valence electrons. The normalized spacial score (nSPS) is 23.2. The van der Waals surface area contributed by atoms with E-state index >= 15 is 0 Å². The van der Waals surface area contributed by atoms with E-state index in [1.165, 1.54) is 0 Å². The Labute approximate surface area is 253 Å². The molecule has 5 unspecified atom stereocenters. The molecule has 0 aromatic heterocycles. The van der Waals surface area contributed by atoms with Crippen molar-refractivity contribution in [2.75, 3.05) is 33.3 Å². The van der Waals surface area contributed by atoms with Crippen LogP contribution in [0.15, 0.2) is 0 Å². The van der Waals surface area contributed by atoms with Crippen molar-refractivity contribution in [2.45, 2.75) is 121 Å². The Hall–Kier alpha value is -0.182. The van der Waals surface area contributed by atoms with Crippen LogP contribution >= 0.6 is 0 Å². The molecule has 5 atom stereocenters. The first-order chi connectivity index (χ1) is 19.5. The van der Waals surface area contributed by atoms with Crippen LogP contribution < -0.4 is 0 Å². The predicted octanol–water partition coefficient (Wildman–Crippen LogP) is 6.56. The predicted molar refractivity (Wildman–Crippen MR) is 162 cm³/mol. The molecule has 1 aliphatic heterocycles. The summed E-state index contributed by atoms with van der Waals surface area (Å²) in [6.45, 7) is 12.2. The summed E-state index contributed by atoms with van der Waals surface area (Å²) in [7, 11) is -9.19. The van der Waals surface area contributed by atoms with Crippen LogP contribution in [0.3, 0.4) is 0 Å². The minimum atomic E-state index is -4.22. The van der Waals surface area contributed by atoms with Crippen molar-refractivity contribution in [3.8, 4) is 0 Å². The smallest absolute Gasteiger partial charge is 0.391 e. The number of fused-ring (bicyclic) bond motifs is 1. The molecule has 2 aliphatic rings. The lowest BCUT2D eigenvalue weighted by Crippen LogP contribution is -2.53. The van der Waals surface area contributed by atoms with Crippen molar-refractivity contribution in [1.82, 2.24) is 0 Å². The van der Waals surface area contributed by atoms with Gasteiger partial charge in [0.15, 0.2) is 23.5 Å². The zero-order valence-corrected chi connectivity index (χ0v) is 30.3. The Bertz CT molecular complexity index is 811. The minimum Gasteiger partial charge on any atom is -0.465 e. The van der Waals surface area contributed by atoms with Crippen LogP contribution in [0, 0.1) is 5.92 Å². The quantitative estimate of drug-likeness (QED) is 0.0418. The van der Waals surface area contributed by atoms with Gasteiger partial charge in [0.25, 0.3) is 9.28 Å². The molecule has 2 fully saturated rings. The first-order valence-electron chi connectivity index (χ1n) is 15.2. The Balaban J connectivity index is 1.89. The SMILES string of the molecule is C[SiH](O[Si](C)(C)CCCOCF)O[Si](C)(CCCOC(=O)C1CCC2OC2C1)O[Si](C)(C)CCCOCCC(F)(F)F. The number of carbonyl (C=O) groups is 1. The van der Waals surface area contributed by atoms with Crippen molar-refractivity contribution >= 4 is 40.4 Å². The van der Waals surface area contributed by atoms with Gasteiger partial charge in [0, 0.05) is 13.2 Å². The first kappa shape index (κ1) is 38.0. The average Bonchev–Trinajstić information content (AvgIpc) is 3.64. The van der Waals surface area contributed by atoms with Crippen LogP contribution in [0.1, 0.15) is 44.9 Å². The summed E-state index contributed by atoms with van der Waals surface area (Å²) < 4.78 is 90.5. The first-order valence-corrected chi connectivity index (χ1v) is 26.0. The van der Waals surface area contributed by atoms with Gasteiger partial charge in [-0.25, -0.2) is 4.39 Å². The van der Waals surface area contributed by atoms with Gasteiger partial charge in [0.2, 0.25) is 0 Å². The number of epoxide rings is 1. The zero-order chi connectivity index (χ0) is 31.4. The molecule has 42 heavy (non-hydrogen) atoms. The highest BCUT2D eigenvalue weighted by atomic mass is 28.5. The van der Waals surface area contributed by atoms with Crippen LogP contribution in [-0.4, -0.2) is 92.1 Å². The van der Waals surface area contributed by atoms with Gasteiger partial charge in [-0.05, 0) is 95.9 Å². The molecular formula is C26H52F4O8Si4. The van der Waals surface area contributed by atoms with Crippen molar-refractivity contribution in [2.24, 2.45) is 5.92 Å². The summed E-state index contributed by atoms with van der Waals surface area (Å²) in [5.41, 5.74) is 0. The second kappa shape index (κ2) is 17.5.